The largest absolute Gasteiger partial charge is 0.392 e. The van der Waals surface area contributed by atoms with Crippen molar-refractivity contribution in [3.8, 4) is 0 Å². The topological polar surface area (TPSA) is 36.4 Å². The van der Waals surface area contributed by atoms with E-state index in [-0.39, 0.29) is 12.4 Å². The van der Waals surface area contributed by atoms with Gasteiger partial charge in [0.1, 0.15) is 0 Å². The third-order valence-electron chi connectivity index (χ3n) is 3.33. The van der Waals surface area contributed by atoms with E-state index in [2.05, 4.69) is 4.98 Å². The van der Waals surface area contributed by atoms with E-state index in [4.69, 9.17) is 5.11 Å². The quantitative estimate of drug-likeness (QED) is 0.854. The molecule has 88 valence electrons. The van der Waals surface area contributed by atoms with Gasteiger partial charge >= 0.3 is 0 Å². The number of aromatic nitrogens is 1. The van der Waals surface area contributed by atoms with Crippen LogP contribution in [0.15, 0.2) is 12.3 Å². The van der Waals surface area contributed by atoms with Crippen LogP contribution in [0.2, 0.25) is 0 Å². The molecule has 0 saturated heterocycles. The summed E-state index contributed by atoms with van der Waals surface area (Å²) in [5, 5.41) is 9.00. The SMILES string of the molecule is CN(c1nccc(CO)c1F)C1CCCC1. The highest BCUT2D eigenvalue weighted by Crippen LogP contribution is 2.28. The molecule has 0 aliphatic heterocycles. The molecule has 0 bridgehead atoms. The standard InChI is InChI=1S/C12H17FN2O/c1-15(10-4-2-3-5-10)12-11(13)9(8-16)6-7-14-12/h6-7,10,16H,2-5,8H2,1H3. The molecular weight excluding hydrogens is 207 g/mol. The first-order chi connectivity index (χ1) is 7.74. The molecule has 2 rings (SSSR count). The van der Waals surface area contributed by atoms with Gasteiger partial charge in [-0.05, 0) is 18.9 Å². The number of halogens is 1. The highest BCUT2D eigenvalue weighted by molar-refractivity contribution is 5.43. The molecular formula is C12H17FN2O. The second-order valence-electron chi connectivity index (χ2n) is 4.31. The van der Waals surface area contributed by atoms with Crippen molar-refractivity contribution in [1.82, 2.24) is 4.98 Å². The number of nitrogens with zero attached hydrogens (tertiary/aromatic N) is 2. The fourth-order valence-electron chi connectivity index (χ4n) is 2.30. The molecule has 1 fully saturated rings. The summed E-state index contributed by atoms with van der Waals surface area (Å²) in [6.07, 6.45) is 6.16. The van der Waals surface area contributed by atoms with E-state index in [0.29, 0.717) is 17.4 Å². The Morgan fingerprint density at radius 2 is 2.19 bits per heavy atom. The summed E-state index contributed by atoms with van der Waals surface area (Å²) < 4.78 is 13.9. The summed E-state index contributed by atoms with van der Waals surface area (Å²) in [7, 11) is 1.88. The molecule has 0 unspecified atom stereocenters. The Labute approximate surface area is 94.9 Å². The Morgan fingerprint density at radius 1 is 1.50 bits per heavy atom. The van der Waals surface area contributed by atoms with Crippen molar-refractivity contribution in [1.29, 1.82) is 0 Å². The second-order valence-corrected chi connectivity index (χ2v) is 4.31. The van der Waals surface area contributed by atoms with E-state index in [0.717, 1.165) is 12.8 Å². The first kappa shape index (κ1) is 11.3. The lowest BCUT2D eigenvalue weighted by atomic mass is 10.2. The number of hydrogen-bond donors (Lipinski definition) is 1. The average molecular weight is 224 g/mol. The third-order valence-corrected chi connectivity index (χ3v) is 3.33. The van der Waals surface area contributed by atoms with Crippen LogP contribution in [0.3, 0.4) is 0 Å². The van der Waals surface area contributed by atoms with Crippen molar-refractivity contribution in [2.24, 2.45) is 0 Å². The Morgan fingerprint density at radius 3 is 2.81 bits per heavy atom. The predicted octanol–water partition coefficient (Wildman–Crippen LogP) is 2.09. The average Bonchev–Trinajstić information content (AvgIpc) is 2.82. The molecule has 1 aliphatic rings. The van der Waals surface area contributed by atoms with E-state index >= 15 is 0 Å². The van der Waals surface area contributed by atoms with Gasteiger partial charge in [0.25, 0.3) is 0 Å². The van der Waals surface area contributed by atoms with Gasteiger partial charge in [-0.3, -0.25) is 0 Å². The first-order valence-electron chi connectivity index (χ1n) is 5.71. The molecule has 4 heteroatoms. The van der Waals surface area contributed by atoms with Gasteiger partial charge in [0.05, 0.1) is 6.61 Å². The zero-order chi connectivity index (χ0) is 11.5. The Kier molecular flexibility index (Phi) is 3.39. The molecule has 1 aliphatic carbocycles. The van der Waals surface area contributed by atoms with Gasteiger partial charge in [0.15, 0.2) is 11.6 Å². The van der Waals surface area contributed by atoms with Crippen molar-refractivity contribution >= 4 is 5.82 Å². The van der Waals surface area contributed by atoms with Crippen LogP contribution >= 0.6 is 0 Å². The third kappa shape index (κ3) is 2.02. The van der Waals surface area contributed by atoms with Crippen LogP contribution < -0.4 is 4.90 Å². The van der Waals surface area contributed by atoms with Crippen LogP contribution in [0.5, 0.6) is 0 Å². The van der Waals surface area contributed by atoms with E-state index in [1.54, 1.807) is 6.20 Å². The molecule has 16 heavy (non-hydrogen) atoms. The summed E-state index contributed by atoms with van der Waals surface area (Å²) in [4.78, 5) is 5.98. The maximum atomic E-state index is 13.9. The fraction of sp³-hybridized carbons (Fsp3) is 0.583. The number of pyridine rings is 1. The molecule has 3 nitrogen and oxygen atoms in total. The van der Waals surface area contributed by atoms with E-state index in [1.807, 2.05) is 11.9 Å². The zero-order valence-corrected chi connectivity index (χ0v) is 9.49. The molecule has 0 spiro atoms. The van der Waals surface area contributed by atoms with Crippen LogP contribution in [0, 0.1) is 5.82 Å². The predicted molar refractivity (Wildman–Crippen MR) is 60.8 cm³/mol. The molecule has 0 radical (unpaired) electrons. The summed E-state index contributed by atoms with van der Waals surface area (Å²) in [6.45, 7) is -0.278. The Hall–Kier alpha value is -1.16. The van der Waals surface area contributed by atoms with E-state index in [9.17, 15) is 4.39 Å². The van der Waals surface area contributed by atoms with Gasteiger partial charge in [-0.1, -0.05) is 12.8 Å². The maximum Gasteiger partial charge on any atom is 0.171 e. The highest BCUT2D eigenvalue weighted by Gasteiger charge is 2.23. The molecule has 1 aromatic rings. The Bertz CT molecular complexity index is 364. The minimum absolute atomic E-state index is 0.278. The number of aliphatic hydroxyl groups excluding tert-OH is 1. The van der Waals surface area contributed by atoms with Gasteiger partial charge in [-0.15, -0.1) is 0 Å². The molecule has 1 N–H and O–H groups in total. The zero-order valence-electron chi connectivity index (χ0n) is 9.49. The molecule has 0 amide bonds. The molecule has 1 aromatic heterocycles. The minimum atomic E-state index is -0.389. The molecule has 1 heterocycles. The van der Waals surface area contributed by atoms with Crippen LogP contribution in [0.1, 0.15) is 31.2 Å². The van der Waals surface area contributed by atoms with E-state index in [1.165, 1.54) is 18.9 Å². The van der Waals surface area contributed by atoms with Crippen molar-refractivity contribution in [2.45, 2.75) is 38.3 Å². The normalized spacial score (nSPS) is 16.7. The first-order valence-corrected chi connectivity index (χ1v) is 5.71. The lowest BCUT2D eigenvalue weighted by Gasteiger charge is -2.26. The lowest BCUT2D eigenvalue weighted by molar-refractivity contribution is 0.275. The number of anilines is 1. The molecule has 0 aromatic carbocycles. The minimum Gasteiger partial charge on any atom is -0.392 e. The summed E-state index contributed by atoms with van der Waals surface area (Å²) >= 11 is 0. The number of aliphatic hydroxyl groups is 1. The van der Waals surface area contributed by atoms with Crippen molar-refractivity contribution in [3.05, 3.63) is 23.6 Å². The van der Waals surface area contributed by atoms with Crippen LogP contribution in [0.4, 0.5) is 10.2 Å². The second kappa shape index (κ2) is 4.78. The summed E-state index contributed by atoms with van der Waals surface area (Å²) in [5.41, 5.74) is 0.315. The van der Waals surface area contributed by atoms with Crippen LogP contribution in [-0.4, -0.2) is 23.2 Å². The fourth-order valence-corrected chi connectivity index (χ4v) is 2.30. The molecule has 1 saturated carbocycles. The van der Waals surface area contributed by atoms with Crippen molar-refractivity contribution < 1.29 is 9.50 Å². The maximum absolute atomic E-state index is 13.9. The van der Waals surface area contributed by atoms with E-state index < -0.39 is 0 Å². The van der Waals surface area contributed by atoms with Gasteiger partial charge in [-0.2, -0.15) is 0 Å². The van der Waals surface area contributed by atoms with Gasteiger partial charge in [0, 0.05) is 24.8 Å². The van der Waals surface area contributed by atoms with Gasteiger partial charge in [-0.25, -0.2) is 9.37 Å². The molecule has 0 atom stereocenters. The van der Waals surface area contributed by atoms with Crippen molar-refractivity contribution in [3.63, 3.8) is 0 Å². The van der Waals surface area contributed by atoms with Gasteiger partial charge < -0.3 is 10.0 Å². The summed E-state index contributed by atoms with van der Waals surface area (Å²) in [5.74, 6) is -0.0298. The van der Waals surface area contributed by atoms with Crippen molar-refractivity contribution in [2.75, 3.05) is 11.9 Å². The van der Waals surface area contributed by atoms with Gasteiger partial charge in [0.2, 0.25) is 0 Å². The highest BCUT2D eigenvalue weighted by atomic mass is 19.1. The smallest absolute Gasteiger partial charge is 0.171 e. The monoisotopic (exact) mass is 224 g/mol. The lowest BCUT2D eigenvalue weighted by Crippen LogP contribution is -2.30. The Balaban J connectivity index is 2.25. The summed E-state index contributed by atoms with van der Waals surface area (Å²) in [6, 6.07) is 1.90. The van der Waals surface area contributed by atoms with Crippen LogP contribution in [0.25, 0.3) is 0 Å². The van der Waals surface area contributed by atoms with Crippen LogP contribution in [-0.2, 0) is 6.61 Å². The number of hydrogen-bond acceptors (Lipinski definition) is 3. The number of rotatable bonds is 3.